The van der Waals surface area contributed by atoms with Gasteiger partial charge >= 0.3 is 11.6 Å². The molecule has 2 aliphatic heterocycles. The average Bonchev–Trinajstić information content (AvgIpc) is 3.04. The molecule has 0 saturated carbocycles. The van der Waals surface area contributed by atoms with Crippen molar-refractivity contribution in [2.75, 3.05) is 32.8 Å². The minimum atomic E-state index is -3.59. The Morgan fingerprint density at radius 3 is 2.52 bits per heavy atom. The Morgan fingerprint density at radius 1 is 1.30 bits per heavy atom. The van der Waals surface area contributed by atoms with E-state index in [9.17, 15) is 13.5 Å². The highest BCUT2D eigenvalue weighted by Crippen LogP contribution is 2.21. The topological polar surface area (TPSA) is 121 Å². The predicted octanol–water partition coefficient (Wildman–Crippen LogP) is 0.169. The van der Waals surface area contributed by atoms with Gasteiger partial charge in [-0.25, -0.2) is 8.42 Å². The van der Waals surface area contributed by atoms with Crippen LogP contribution in [0.1, 0.15) is 12.5 Å². The van der Waals surface area contributed by atoms with Crippen LogP contribution in [0.25, 0.3) is 0 Å². The summed E-state index contributed by atoms with van der Waals surface area (Å²) in [6.07, 6.45) is 0. The first-order chi connectivity index (χ1) is 12.8. The van der Waals surface area contributed by atoms with Crippen LogP contribution in [-0.2, 0) is 19.6 Å². The largest absolute Gasteiger partial charge is 0.609 e. The van der Waals surface area contributed by atoms with Crippen molar-refractivity contribution in [1.82, 2.24) is 9.31 Å². The standard InChI is InChI=1S/C16H21N5O5S/c1-3-25-16(22)14-15(17)26-18-21(14)19-8-10-20(11-9-19)27(23,24)13-6-4-12(2)5-7-13/h4-7H,3,8-11H2,1-2H3,(H-,17,18,22). The number of piperazine rings is 1. The van der Waals surface area contributed by atoms with Crippen LogP contribution in [0, 0.1) is 12.3 Å². The Labute approximate surface area is 157 Å². The Kier molecular flexibility index (Phi) is 5.33. The lowest BCUT2D eigenvalue weighted by Gasteiger charge is -2.30. The van der Waals surface area contributed by atoms with Gasteiger partial charge in [0.2, 0.25) is 15.3 Å². The van der Waals surface area contributed by atoms with Crippen molar-refractivity contribution in [2.45, 2.75) is 18.7 Å². The number of rotatable bonds is 5. The van der Waals surface area contributed by atoms with Gasteiger partial charge < -0.3 is 9.84 Å². The van der Waals surface area contributed by atoms with Gasteiger partial charge in [0.25, 0.3) is 0 Å². The Morgan fingerprint density at radius 2 is 1.93 bits per heavy atom. The number of hydrogen-bond donors (Lipinski definition) is 1. The highest BCUT2D eigenvalue weighted by molar-refractivity contribution is 7.89. The first-order valence-corrected chi connectivity index (χ1v) is 9.91. The smallest absolute Gasteiger partial charge is 0.354 e. The van der Waals surface area contributed by atoms with Gasteiger partial charge in [0.05, 0.1) is 22.8 Å². The molecule has 0 bridgehead atoms. The molecule has 0 atom stereocenters. The zero-order valence-corrected chi connectivity index (χ0v) is 15.9. The van der Waals surface area contributed by atoms with E-state index in [-0.39, 0.29) is 43.4 Å². The van der Waals surface area contributed by atoms with E-state index in [0.717, 1.165) is 5.56 Å². The van der Waals surface area contributed by atoms with E-state index in [2.05, 4.69) is 5.28 Å². The molecule has 0 radical (unpaired) electrons. The predicted molar refractivity (Wildman–Crippen MR) is 91.7 cm³/mol. The molecule has 146 valence electrons. The number of nitrogens with one attached hydrogen (secondary N) is 1. The molecule has 0 amide bonds. The van der Waals surface area contributed by atoms with Crippen LogP contribution in [0.3, 0.4) is 0 Å². The van der Waals surface area contributed by atoms with Crippen LogP contribution in [-0.4, -0.2) is 61.2 Å². The summed E-state index contributed by atoms with van der Waals surface area (Å²) in [6.45, 7) is 4.71. The van der Waals surface area contributed by atoms with Crippen molar-refractivity contribution in [1.29, 1.82) is 5.41 Å². The van der Waals surface area contributed by atoms with Crippen LogP contribution < -0.4 is 5.11 Å². The second-order valence-electron chi connectivity index (χ2n) is 6.03. The van der Waals surface area contributed by atoms with Gasteiger partial charge in [-0.2, -0.15) is 9.31 Å². The fourth-order valence-electron chi connectivity index (χ4n) is 2.79. The Hall–Kier alpha value is -2.66. The van der Waals surface area contributed by atoms with Gasteiger partial charge in [-0.3, -0.25) is 10.2 Å². The fraction of sp³-hybridized carbons (Fsp3) is 0.438. The summed E-state index contributed by atoms with van der Waals surface area (Å²) in [6, 6.07) is 6.70. The zero-order chi connectivity index (χ0) is 19.6. The van der Waals surface area contributed by atoms with Crippen molar-refractivity contribution in [3.63, 3.8) is 0 Å². The SMILES string of the molecule is CCOC([O-])=C1C(=N)ON=[N+]1N1CCN(S(=O)(=O)c2ccc(C)cc2)CC1. The van der Waals surface area contributed by atoms with E-state index < -0.39 is 21.9 Å². The third kappa shape index (κ3) is 3.74. The summed E-state index contributed by atoms with van der Waals surface area (Å²) < 4.78 is 31.9. The second-order valence-corrected chi connectivity index (χ2v) is 7.97. The molecule has 0 aliphatic carbocycles. The van der Waals surface area contributed by atoms with Gasteiger partial charge in [0.15, 0.2) is 0 Å². The van der Waals surface area contributed by atoms with Crippen molar-refractivity contribution in [3.05, 3.63) is 41.5 Å². The Balaban J connectivity index is 1.73. The van der Waals surface area contributed by atoms with Crippen molar-refractivity contribution in [2.24, 2.45) is 5.28 Å². The fourth-order valence-corrected chi connectivity index (χ4v) is 4.21. The molecular formula is C16H21N5O5S. The van der Waals surface area contributed by atoms with Gasteiger partial charge in [-0.05, 0) is 25.7 Å². The molecule has 0 aromatic heterocycles. The van der Waals surface area contributed by atoms with Crippen LogP contribution in [0.4, 0.5) is 0 Å². The van der Waals surface area contributed by atoms with Crippen molar-refractivity contribution in [3.8, 4) is 0 Å². The maximum Gasteiger partial charge on any atom is 0.354 e. The number of aryl methyl sites for hydroxylation is 1. The summed E-state index contributed by atoms with van der Waals surface area (Å²) in [5.74, 6) is -1.11. The average molecular weight is 395 g/mol. The third-order valence-corrected chi connectivity index (χ3v) is 6.15. The molecule has 1 N–H and O–H groups in total. The lowest BCUT2D eigenvalue weighted by Crippen LogP contribution is -2.51. The molecule has 2 aliphatic rings. The van der Waals surface area contributed by atoms with E-state index in [1.807, 2.05) is 6.92 Å². The van der Waals surface area contributed by atoms with Crippen LogP contribution in [0.5, 0.6) is 0 Å². The van der Waals surface area contributed by atoms with Gasteiger partial charge in [-0.15, -0.1) is 0 Å². The first-order valence-electron chi connectivity index (χ1n) is 8.47. The summed E-state index contributed by atoms with van der Waals surface area (Å²) in [7, 11) is -3.59. The number of nitrogens with zero attached hydrogens (tertiary/aromatic N) is 4. The molecule has 11 heteroatoms. The quantitative estimate of drug-likeness (QED) is 0.560. The normalized spacial score (nSPS) is 20.3. The summed E-state index contributed by atoms with van der Waals surface area (Å²) in [4.78, 5) is 6.22. The molecule has 1 aromatic carbocycles. The van der Waals surface area contributed by atoms with E-state index in [0.29, 0.717) is 0 Å². The summed E-state index contributed by atoms with van der Waals surface area (Å²) in [5.41, 5.74) is 0.866. The zero-order valence-electron chi connectivity index (χ0n) is 15.1. The molecular weight excluding hydrogens is 374 g/mol. The molecule has 1 aromatic rings. The maximum atomic E-state index is 12.8. The van der Waals surface area contributed by atoms with Crippen molar-refractivity contribution >= 4 is 15.9 Å². The molecule has 3 rings (SSSR count). The number of ether oxygens (including phenoxy) is 1. The molecule has 2 heterocycles. The minimum absolute atomic E-state index is 0.119. The molecule has 0 unspecified atom stereocenters. The lowest BCUT2D eigenvalue weighted by molar-refractivity contribution is -0.711. The minimum Gasteiger partial charge on any atom is -0.609 e. The molecule has 27 heavy (non-hydrogen) atoms. The maximum absolute atomic E-state index is 12.8. The van der Waals surface area contributed by atoms with E-state index in [1.165, 1.54) is 9.11 Å². The molecule has 10 nitrogen and oxygen atoms in total. The van der Waals surface area contributed by atoms with Gasteiger partial charge in [-0.1, -0.05) is 24.6 Å². The molecule has 0 spiro atoms. The van der Waals surface area contributed by atoms with Crippen molar-refractivity contribution < 1.29 is 27.9 Å². The number of benzene rings is 1. The Bertz CT molecular complexity index is 886. The number of hydrogen-bond acceptors (Lipinski definition) is 8. The monoisotopic (exact) mass is 395 g/mol. The number of sulfonamides is 1. The lowest BCUT2D eigenvalue weighted by atomic mass is 10.2. The highest BCUT2D eigenvalue weighted by Gasteiger charge is 2.41. The van der Waals surface area contributed by atoms with Crippen LogP contribution in [0.2, 0.25) is 0 Å². The van der Waals surface area contributed by atoms with E-state index in [1.54, 1.807) is 36.2 Å². The summed E-state index contributed by atoms with van der Waals surface area (Å²) >= 11 is 0. The van der Waals surface area contributed by atoms with Gasteiger partial charge in [0.1, 0.15) is 5.95 Å². The number of hydrazine groups is 1. The van der Waals surface area contributed by atoms with Gasteiger partial charge in [0, 0.05) is 13.1 Å². The molecule has 1 saturated heterocycles. The molecule has 1 fully saturated rings. The summed E-state index contributed by atoms with van der Waals surface area (Å²) in [5, 5.41) is 25.1. The first kappa shape index (κ1) is 19.1. The van der Waals surface area contributed by atoms with E-state index in [4.69, 9.17) is 15.0 Å². The van der Waals surface area contributed by atoms with Crippen LogP contribution in [0.15, 0.2) is 46.1 Å². The highest BCUT2D eigenvalue weighted by atomic mass is 32.2. The van der Waals surface area contributed by atoms with Crippen LogP contribution >= 0.6 is 0 Å². The third-order valence-electron chi connectivity index (χ3n) is 4.24. The van der Waals surface area contributed by atoms with E-state index >= 15 is 0 Å². The second kappa shape index (κ2) is 7.53.